The van der Waals surface area contributed by atoms with Gasteiger partial charge in [0.2, 0.25) is 11.8 Å². The fourth-order valence-electron chi connectivity index (χ4n) is 3.78. The topological polar surface area (TPSA) is 70.6 Å². The third-order valence-electron chi connectivity index (χ3n) is 5.44. The van der Waals surface area contributed by atoms with Crippen LogP contribution in [0.25, 0.3) is 10.2 Å². The first kappa shape index (κ1) is 21.0. The Morgan fingerprint density at radius 2 is 1.64 bits per heavy atom. The summed E-state index contributed by atoms with van der Waals surface area (Å²) < 4.78 is 14.9. The van der Waals surface area contributed by atoms with Gasteiger partial charge in [-0.3, -0.25) is 24.2 Å². The number of carbonyl (C=O) groups excluding carboxylic acids is 3. The van der Waals surface area contributed by atoms with Crippen molar-refractivity contribution in [3.05, 3.63) is 89.7 Å². The second-order valence-corrected chi connectivity index (χ2v) is 8.64. The maximum atomic E-state index is 14.3. The van der Waals surface area contributed by atoms with Crippen LogP contribution in [-0.4, -0.2) is 22.7 Å². The molecular weight excluding hydrogens is 441 g/mol. The smallest absolute Gasteiger partial charge is 0.260 e. The molecule has 6 nitrogen and oxygen atoms in total. The molecule has 0 unspecified atom stereocenters. The van der Waals surface area contributed by atoms with E-state index in [0.717, 1.165) is 10.5 Å². The summed E-state index contributed by atoms with van der Waals surface area (Å²) in [7, 11) is 0. The maximum Gasteiger partial charge on any atom is 0.260 e. The molecule has 0 saturated carbocycles. The molecular formula is C25H18FN3O3S. The molecule has 3 aromatic carbocycles. The SMILES string of the molecule is O=C(c1ccc(N2C(=O)CCC2=O)cc1)N(Cc1ccccc1)c1nc2c(F)cccc2s1. The Labute approximate surface area is 192 Å². The van der Waals surface area contributed by atoms with E-state index in [4.69, 9.17) is 0 Å². The fourth-order valence-corrected chi connectivity index (χ4v) is 4.76. The number of thiazole rings is 1. The summed E-state index contributed by atoms with van der Waals surface area (Å²) in [5.74, 6) is -1.25. The van der Waals surface area contributed by atoms with Crippen LogP contribution in [0.1, 0.15) is 28.8 Å². The summed E-state index contributed by atoms with van der Waals surface area (Å²) in [5, 5.41) is 0.387. The van der Waals surface area contributed by atoms with Crippen molar-refractivity contribution in [1.82, 2.24) is 4.98 Å². The second-order valence-electron chi connectivity index (χ2n) is 7.63. The van der Waals surface area contributed by atoms with Gasteiger partial charge in [-0.15, -0.1) is 0 Å². The Kier molecular flexibility index (Phi) is 5.43. The molecule has 3 amide bonds. The van der Waals surface area contributed by atoms with Gasteiger partial charge in [-0.2, -0.15) is 0 Å². The van der Waals surface area contributed by atoms with Crippen molar-refractivity contribution in [1.29, 1.82) is 0 Å². The first-order chi connectivity index (χ1) is 16.0. The van der Waals surface area contributed by atoms with Gasteiger partial charge < -0.3 is 0 Å². The number of halogens is 1. The average Bonchev–Trinajstić information content (AvgIpc) is 3.41. The van der Waals surface area contributed by atoms with E-state index in [9.17, 15) is 18.8 Å². The van der Waals surface area contributed by atoms with E-state index in [1.165, 1.54) is 22.3 Å². The highest BCUT2D eigenvalue weighted by Crippen LogP contribution is 2.32. The highest BCUT2D eigenvalue weighted by molar-refractivity contribution is 7.22. The van der Waals surface area contributed by atoms with Gasteiger partial charge in [0.05, 0.1) is 16.9 Å². The van der Waals surface area contributed by atoms with E-state index in [1.807, 2.05) is 30.3 Å². The zero-order chi connectivity index (χ0) is 22.9. The predicted octanol–water partition coefficient (Wildman–Crippen LogP) is 4.94. The van der Waals surface area contributed by atoms with E-state index < -0.39 is 5.82 Å². The van der Waals surface area contributed by atoms with Gasteiger partial charge in [0.25, 0.3) is 5.91 Å². The number of imide groups is 1. The minimum atomic E-state index is -0.439. The van der Waals surface area contributed by atoms with Crippen molar-refractivity contribution in [3.8, 4) is 0 Å². The van der Waals surface area contributed by atoms with Gasteiger partial charge in [-0.1, -0.05) is 47.7 Å². The molecule has 0 atom stereocenters. The summed E-state index contributed by atoms with van der Waals surface area (Å²) in [6, 6.07) is 20.5. The van der Waals surface area contributed by atoms with Crippen molar-refractivity contribution < 1.29 is 18.8 Å². The first-order valence-corrected chi connectivity index (χ1v) is 11.2. The molecule has 1 aliphatic heterocycles. The molecule has 8 heteroatoms. The predicted molar refractivity (Wildman–Crippen MR) is 125 cm³/mol. The monoisotopic (exact) mass is 459 g/mol. The number of nitrogens with zero attached hydrogens (tertiary/aromatic N) is 3. The Morgan fingerprint density at radius 1 is 0.939 bits per heavy atom. The molecule has 0 bridgehead atoms. The number of aromatic nitrogens is 1. The summed E-state index contributed by atoms with van der Waals surface area (Å²) in [4.78, 5) is 44.6. The lowest BCUT2D eigenvalue weighted by Crippen LogP contribution is -2.31. The summed E-state index contributed by atoms with van der Waals surface area (Å²) in [5.41, 5.74) is 1.93. The number of amides is 3. The lowest BCUT2D eigenvalue weighted by atomic mass is 10.1. The van der Waals surface area contributed by atoms with Crippen molar-refractivity contribution in [3.63, 3.8) is 0 Å². The summed E-state index contributed by atoms with van der Waals surface area (Å²) in [6.45, 7) is 0.256. The lowest BCUT2D eigenvalue weighted by molar-refractivity contribution is -0.121. The van der Waals surface area contributed by atoms with E-state index in [2.05, 4.69) is 4.98 Å². The molecule has 1 aromatic heterocycles. The van der Waals surface area contributed by atoms with Crippen LogP contribution < -0.4 is 9.80 Å². The van der Waals surface area contributed by atoms with E-state index in [-0.39, 0.29) is 42.6 Å². The molecule has 4 aromatic rings. The van der Waals surface area contributed by atoms with Crippen LogP contribution in [0.3, 0.4) is 0 Å². The number of benzene rings is 3. The number of fused-ring (bicyclic) bond motifs is 1. The van der Waals surface area contributed by atoms with Crippen molar-refractivity contribution in [2.75, 3.05) is 9.80 Å². The van der Waals surface area contributed by atoms with Crippen molar-refractivity contribution in [2.24, 2.45) is 0 Å². The summed E-state index contributed by atoms with van der Waals surface area (Å²) in [6.07, 6.45) is 0.386. The molecule has 164 valence electrons. The molecule has 2 heterocycles. The molecule has 0 N–H and O–H groups in total. The number of para-hydroxylation sites is 1. The van der Waals surface area contributed by atoms with Crippen LogP contribution in [0.15, 0.2) is 72.8 Å². The molecule has 0 spiro atoms. The minimum Gasteiger partial charge on any atom is -0.279 e. The molecule has 5 rings (SSSR count). The molecule has 0 radical (unpaired) electrons. The molecule has 33 heavy (non-hydrogen) atoms. The Bertz CT molecular complexity index is 1350. The van der Waals surface area contributed by atoms with Crippen LogP contribution in [-0.2, 0) is 16.1 Å². The number of hydrogen-bond donors (Lipinski definition) is 0. The van der Waals surface area contributed by atoms with Crippen LogP contribution in [0.5, 0.6) is 0 Å². The molecule has 1 saturated heterocycles. The highest BCUT2D eigenvalue weighted by Gasteiger charge is 2.30. The molecule has 0 aliphatic carbocycles. The van der Waals surface area contributed by atoms with Crippen molar-refractivity contribution in [2.45, 2.75) is 19.4 Å². The van der Waals surface area contributed by atoms with Gasteiger partial charge in [0.15, 0.2) is 5.13 Å². The Morgan fingerprint density at radius 3 is 2.30 bits per heavy atom. The second kappa shape index (κ2) is 8.55. The summed E-state index contributed by atoms with van der Waals surface area (Å²) >= 11 is 1.24. The van der Waals surface area contributed by atoms with E-state index in [0.29, 0.717) is 21.1 Å². The van der Waals surface area contributed by atoms with Gasteiger partial charge in [0.1, 0.15) is 11.3 Å². The molecule has 1 fully saturated rings. The van der Waals surface area contributed by atoms with Crippen molar-refractivity contribution >= 4 is 50.1 Å². The molecule has 1 aliphatic rings. The largest absolute Gasteiger partial charge is 0.279 e. The maximum absolute atomic E-state index is 14.3. The van der Waals surface area contributed by atoms with Gasteiger partial charge in [0, 0.05) is 18.4 Å². The lowest BCUT2D eigenvalue weighted by Gasteiger charge is -2.21. The Hall–Kier alpha value is -3.91. The first-order valence-electron chi connectivity index (χ1n) is 10.4. The van der Waals surface area contributed by atoms with Crippen LogP contribution in [0.4, 0.5) is 15.2 Å². The van der Waals surface area contributed by atoms with E-state index >= 15 is 0 Å². The zero-order valence-corrected chi connectivity index (χ0v) is 18.2. The standard InChI is InChI=1S/C25H18FN3O3S/c26-19-7-4-8-20-23(19)27-25(33-20)28(15-16-5-2-1-3-6-16)24(32)17-9-11-18(12-10-17)29-21(30)13-14-22(29)31/h1-12H,13-15H2. The van der Waals surface area contributed by atoms with Gasteiger partial charge in [-0.25, -0.2) is 9.37 Å². The number of rotatable bonds is 5. The number of carbonyl (C=O) groups is 3. The van der Waals surface area contributed by atoms with Crippen LogP contribution in [0, 0.1) is 5.82 Å². The van der Waals surface area contributed by atoms with Gasteiger partial charge >= 0.3 is 0 Å². The van der Waals surface area contributed by atoms with Gasteiger partial charge in [-0.05, 0) is 42.0 Å². The van der Waals surface area contributed by atoms with Crippen LogP contribution in [0.2, 0.25) is 0 Å². The van der Waals surface area contributed by atoms with E-state index in [1.54, 1.807) is 36.4 Å². The van der Waals surface area contributed by atoms with Crippen LogP contribution >= 0.6 is 11.3 Å². The zero-order valence-electron chi connectivity index (χ0n) is 17.4. The number of anilines is 2. The number of hydrogen-bond acceptors (Lipinski definition) is 5. The third kappa shape index (κ3) is 4.01. The normalized spacial score (nSPS) is 13.7. The fraction of sp³-hybridized carbons (Fsp3) is 0.120. The Balaban J connectivity index is 1.50. The highest BCUT2D eigenvalue weighted by atomic mass is 32.1. The third-order valence-corrected chi connectivity index (χ3v) is 6.49. The minimum absolute atomic E-state index is 0.193. The average molecular weight is 460 g/mol. The quantitative estimate of drug-likeness (QED) is 0.397.